The molecule has 0 fully saturated rings. The number of halogens is 1. The van der Waals surface area contributed by atoms with Crippen molar-refractivity contribution in [2.24, 2.45) is 0 Å². The third kappa shape index (κ3) is 2.54. The molecule has 4 aromatic rings. The number of nitrogens with zero attached hydrogens (tertiary/aromatic N) is 4. The Bertz CT molecular complexity index is 1030. The van der Waals surface area contributed by atoms with Crippen molar-refractivity contribution in [2.45, 2.75) is 13.0 Å². The maximum atomic E-state index is 12.1. The first-order chi connectivity index (χ1) is 11.6. The molecule has 1 atom stereocenters. The van der Waals surface area contributed by atoms with E-state index >= 15 is 0 Å². The van der Waals surface area contributed by atoms with Gasteiger partial charge in [-0.3, -0.25) is 0 Å². The quantitative estimate of drug-likeness (QED) is 0.283. The maximum Gasteiger partial charge on any atom is 0.270 e. The van der Waals surface area contributed by atoms with Crippen LogP contribution in [-0.2, 0) is 0 Å². The van der Waals surface area contributed by atoms with Gasteiger partial charge >= 0.3 is 0 Å². The average Bonchev–Trinajstić information content (AvgIpc) is 2.97. The SMILES string of the molecule is C[C@@H](Oc1ccc2c(c1)n1ncc(I)c1n[n+]2[O-])c1ccccc1. The van der Waals surface area contributed by atoms with Crippen molar-refractivity contribution in [3.05, 3.63) is 69.1 Å². The Morgan fingerprint density at radius 3 is 2.79 bits per heavy atom. The molecule has 0 aliphatic heterocycles. The van der Waals surface area contributed by atoms with Crippen LogP contribution in [-0.4, -0.2) is 14.7 Å². The van der Waals surface area contributed by atoms with Gasteiger partial charge in [-0.2, -0.15) is 5.10 Å². The second kappa shape index (κ2) is 5.90. The van der Waals surface area contributed by atoms with E-state index in [9.17, 15) is 5.21 Å². The molecule has 4 rings (SSSR count). The number of benzene rings is 2. The number of hydrogen-bond acceptors (Lipinski definition) is 4. The van der Waals surface area contributed by atoms with E-state index in [0.717, 1.165) is 9.13 Å². The molecular formula is C17H13IN4O2. The molecule has 0 saturated carbocycles. The Balaban J connectivity index is 1.79. The van der Waals surface area contributed by atoms with Crippen LogP contribution in [0.1, 0.15) is 18.6 Å². The summed E-state index contributed by atoms with van der Waals surface area (Å²) in [5.74, 6) is 0.678. The second-order valence-electron chi connectivity index (χ2n) is 5.42. The summed E-state index contributed by atoms with van der Waals surface area (Å²) in [6.07, 6.45) is 1.58. The highest BCUT2D eigenvalue weighted by molar-refractivity contribution is 14.1. The van der Waals surface area contributed by atoms with Crippen molar-refractivity contribution < 1.29 is 9.58 Å². The third-order valence-electron chi connectivity index (χ3n) is 3.85. The summed E-state index contributed by atoms with van der Waals surface area (Å²) in [7, 11) is 0. The molecule has 24 heavy (non-hydrogen) atoms. The first kappa shape index (κ1) is 15.1. The van der Waals surface area contributed by atoms with Crippen LogP contribution in [0.4, 0.5) is 0 Å². The fraction of sp³-hybridized carbons (Fsp3) is 0.118. The van der Waals surface area contributed by atoms with Crippen molar-refractivity contribution in [2.75, 3.05) is 0 Å². The van der Waals surface area contributed by atoms with Gasteiger partial charge in [0.2, 0.25) is 5.65 Å². The van der Waals surface area contributed by atoms with Gasteiger partial charge in [-0.15, -0.1) is 0 Å². The molecule has 2 aromatic carbocycles. The minimum absolute atomic E-state index is 0.0990. The van der Waals surface area contributed by atoms with Crippen LogP contribution in [0.2, 0.25) is 0 Å². The molecule has 2 aromatic heterocycles. The van der Waals surface area contributed by atoms with Crippen LogP contribution < -0.4 is 9.58 Å². The minimum Gasteiger partial charge on any atom is -0.594 e. The summed E-state index contributed by atoms with van der Waals surface area (Å²) in [5.41, 5.74) is 2.73. The first-order valence-corrected chi connectivity index (χ1v) is 8.50. The fourth-order valence-corrected chi connectivity index (χ4v) is 3.09. The van der Waals surface area contributed by atoms with Gasteiger partial charge in [0.1, 0.15) is 17.4 Å². The topological polar surface area (TPSA) is 66.4 Å². The number of hydrogen-bond donors (Lipinski definition) is 0. The van der Waals surface area contributed by atoms with E-state index in [1.54, 1.807) is 22.8 Å². The Morgan fingerprint density at radius 2 is 2.00 bits per heavy atom. The molecule has 7 heteroatoms. The van der Waals surface area contributed by atoms with Crippen molar-refractivity contribution in [1.29, 1.82) is 0 Å². The van der Waals surface area contributed by atoms with E-state index < -0.39 is 0 Å². The van der Waals surface area contributed by atoms with Crippen molar-refractivity contribution >= 4 is 39.3 Å². The highest BCUT2D eigenvalue weighted by Crippen LogP contribution is 2.25. The van der Waals surface area contributed by atoms with E-state index in [1.807, 2.05) is 43.3 Å². The summed E-state index contributed by atoms with van der Waals surface area (Å²) in [6, 6.07) is 15.3. The Labute approximate surface area is 151 Å². The predicted octanol–water partition coefficient (Wildman–Crippen LogP) is 3.26. The molecule has 0 aliphatic carbocycles. The zero-order chi connectivity index (χ0) is 16.7. The van der Waals surface area contributed by atoms with Gasteiger partial charge in [-0.05, 0) is 46.0 Å². The summed E-state index contributed by atoms with van der Waals surface area (Å²) in [4.78, 5) is 0.624. The molecule has 0 bridgehead atoms. The van der Waals surface area contributed by atoms with Crippen molar-refractivity contribution in [3.8, 4) is 5.75 Å². The largest absolute Gasteiger partial charge is 0.594 e. The Kier molecular flexibility index (Phi) is 3.72. The zero-order valence-corrected chi connectivity index (χ0v) is 14.9. The minimum atomic E-state index is -0.0990. The summed E-state index contributed by atoms with van der Waals surface area (Å²) < 4.78 is 8.51. The van der Waals surface area contributed by atoms with Crippen LogP contribution in [0.5, 0.6) is 5.75 Å². The van der Waals surface area contributed by atoms with Crippen molar-refractivity contribution in [3.63, 3.8) is 0 Å². The van der Waals surface area contributed by atoms with Gasteiger partial charge in [0.05, 0.1) is 9.77 Å². The fourth-order valence-electron chi connectivity index (χ4n) is 2.63. The molecule has 0 amide bonds. The van der Waals surface area contributed by atoms with Gasteiger partial charge in [0.25, 0.3) is 5.52 Å². The van der Waals surface area contributed by atoms with Crippen LogP contribution in [0, 0.1) is 8.78 Å². The molecular weight excluding hydrogens is 419 g/mol. The second-order valence-corrected chi connectivity index (χ2v) is 6.58. The molecule has 2 heterocycles. The predicted molar refractivity (Wildman–Crippen MR) is 97.7 cm³/mol. The van der Waals surface area contributed by atoms with Crippen LogP contribution in [0.25, 0.3) is 16.7 Å². The highest BCUT2D eigenvalue weighted by Gasteiger charge is 2.16. The zero-order valence-electron chi connectivity index (χ0n) is 12.8. The van der Waals surface area contributed by atoms with Gasteiger partial charge in [-0.1, -0.05) is 30.3 Å². The summed E-state index contributed by atoms with van der Waals surface area (Å²) in [5, 5.41) is 20.4. The number of rotatable bonds is 3. The third-order valence-corrected chi connectivity index (χ3v) is 4.61. The monoisotopic (exact) mass is 432 g/mol. The van der Waals surface area contributed by atoms with Crippen molar-refractivity contribution in [1.82, 2.24) is 14.7 Å². The van der Waals surface area contributed by atoms with E-state index in [0.29, 0.717) is 27.3 Å². The normalized spacial score (nSPS) is 12.6. The van der Waals surface area contributed by atoms with E-state index in [-0.39, 0.29) is 6.10 Å². The first-order valence-electron chi connectivity index (χ1n) is 7.42. The standard InChI is InChI=1S/C17H13IN4O2/c1-11(12-5-3-2-4-6-12)24-13-7-8-15-16(9-13)21-17(20-22(15)23)14(18)10-19-21/h2-11H,1H3/t11-/m1/s1. The molecule has 0 aliphatic rings. The van der Waals surface area contributed by atoms with E-state index in [2.05, 4.69) is 32.8 Å². The lowest BCUT2D eigenvalue weighted by Gasteiger charge is -2.15. The highest BCUT2D eigenvalue weighted by atomic mass is 127. The van der Waals surface area contributed by atoms with Gasteiger partial charge in [0, 0.05) is 17.2 Å². The molecule has 0 saturated heterocycles. The van der Waals surface area contributed by atoms with E-state index in [4.69, 9.17) is 4.74 Å². The van der Waals surface area contributed by atoms with E-state index in [1.165, 1.54) is 0 Å². The van der Waals surface area contributed by atoms with Crippen LogP contribution >= 0.6 is 22.6 Å². The Hall–Kier alpha value is -2.42. The number of fused-ring (bicyclic) bond motifs is 3. The molecule has 0 unspecified atom stereocenters. The molecule has 6 nitrogen and oxygen atoms in total. The molecule has 0 radical (unpaired) electrons. The lowest BCUT2D eigenvalue weighted by molar-refractivity contribution is -0.640. The summed E-state index contributed by atoms with van der Waals surface area (Å²) >= 11 is 2.11. The lowest BCUT2D eigenvalue weighted by Crippen LogP contribution is -2.33. The number of aromatic nitrogens is 4. The van der Waals surface area contributed by atoms with Gasteiger partial charge in [0.15, 0.2) is 0 Å². The van der Waals surface area contributed by atoms with Crippen LogP contribution in [0.15, 0.2) is 54.7 Å². The van der Waals surface area contributed by atoms with Crippen LogP contribution in [0.3, 0.4) is 0 Å². The number of ether oxygens (including phenoxy) is 1. The molecule has 120 valence electrons. The average molecular weight is 432 g/mol. The van der Waals surface area contributed by atoms with Gasteiger partial charge in [-0.25, -0.2) is 4.52 Å². The summed E-state index contributed by atoms with van der Waals surface area (Å²) in [6.45, 7) is 1.99. The molecule has 0 N–H and O–H groups in total. The maximum absolute atomic E-state index is 12.1. The smallest absolute Gasteiger partial charge is 0.270 e. The molecule has 0 spiro atoms. The Morgan fingerprint density at radius 1 is 1.21 bits per heavy atom. The lowest BCUT2D eigenvalue weighted by atomic mass is 10.1. The van der Waals surface area contributed by atoms with Gasteiger partial charge < -0.3 is 9.94 Å².